The lowest BCUT2D eigenvalue weighted by atomic mass is 10.2. The molecule has 0 aliphatic carbocycles. The van der Waals surface area contributed by atoms with Gasteiger partial charge in [0.25, 0.3) is 5.91 Å². The van der Waals surface area contributed by atoms with Crippen LogP contribution in [0.4, 0.5) is 0 Å². The fourth-order valence-electron chi connectivity index (χ4n) is 1.84. The molecule has 7 heteroatoms. The molecule has 0 atom stereocenters. The predicted molar refractivity (Wildman–Crippen MR) is 79.2 cm³/mol. The predicted octanol–water partition coefficient (Wildman–Crippen LogP) is 1.24. The number of rotatable bonds is 6. The van der Waals surface area contributed by atoms with E-state index >= 15 is 0 Å². The molecule has 0 saturated carbocycles. The number of nitrogens with one attached hydrogen (secondary N) is 1. The van der Waals surface area contributed by atoms with Gasteiger partial charge < -0.3 is 15.2 Å². The largest absolute Gasteiger partial charge is 0.492 e. The number of nitrogens with zero attached hydrogens (tertiary/aromatic N) is 2. The van der Waals surface area contributed by atoms with Gasteiger partial charge in [0.1, 0.15) is 12.4 Å². The SMILES string of the molecule is Cc1c(C(=O)NCCOc2ccc(C(=O)O)cc2)cnn1C. The number of carbonyl (C=O) groups is 2. The Labute approximate surface area is 127 Å². The minimum absolute atomic E-state index is 0.199. The van der Waals surface area contributed by atoms with E-state index in [0.717, 1.165) is 5.69 Å². The number of carboxylic acids is 1. The molecule has 22 heavy (non-hydrogen) atoms. The summed E-state index contributed by atoms with van der Waals surface area (Å²) < 4.78 is 7.07. The molecule has 0 unspecified atom stereocenters. The van der Waals surface area contributed by atoms with E-state index in [-0.39, 0.29) is 18.1 Å². The van der Waals surface area contributed by atoms with Gasteiger partial charge in [0.05, 0.1) is 23.9 Å². The van der Waals surface area contributed by atoms with Gasteiger partial charge in [-0.25, -0.2) is 4.79 Å². The maximum atomic E-state index is 11.9. The van der Waals surface area contributed by atoms with Gasteiger partial charge in [0, 0.05) is 12.7 Å². The molecule has 116 valence electrons. The van der Waals surface area contributed by atoms with Crippen molar-refractivity contribution in [3.05, 3.63) is 47.3 Å². The molecule has 2 rings (SSSR count). The number of ether oxygens (including phenoxy) is 1. The van der Waals surface area contributed by atoms with E-state index in [1.165, 1.54) is 18.3 Å². The first-order valence-corrected chi connectivity index (χ1v) is 6.72. The molecular formula is C15H17N3O4. The fourth-order valence-corrected chi connectivity index (χ4v) is 1.84. The van der Waals surface area contributed by atoms with Gasteiger partial charge in [-0.3, -0.25) is 9.48 Å². The van der Waals surface area contributed by atoms with E-state index in [9.17, 15) is 9.59 Å². The molecule has 1 aromatic heterocycles. The lowest BCUT2D eigenvalue weighted by molar-refractivity contribution is 0.0696. The summed E-state index contributed by atoms with van der Waals surface area (Å²) in [4.78, 5) is 22.6. The zero-order valence-electron chi connectivity index (χ0n) is 12.4. The lowest BCUT2D eigenvalue weighted by Crippen LogP contribution is -2.28. The number of carbonyl (C=O) groups excluding carboxylic acids is 1. The maximum absolute atomic E-state index is 11.9. The molecule has 1 heterocycles. The number of aromatic carboxylic acids is 1. The van der Waals surface area contributed by atoms with E-state index in [1.807, 2.05) is 6.92 Å². The van der Waals surface area contributed by atoms with E-state index in [1.54, 1.807) is 23.9 Å². The van der Waals surface area contributed by atoms with Gasteiger partial charge in [0.2, 0.25) is 0 Å². The Morgan fingerprint density at radius 2 is 2.00 bits per heavy atom. The molecule has 0 spiro atoms. The summed E-state index contributed by atoms with van der Waals surface area (Å²) in [6, 6.07) is 6.09. The highest BCUT2D eigenvalue weighted by atomic mass is 16.5. The summed E-state index contributed by atoms with van der Waals surface area (Å²) >= 11 is 0. The van der Waals surface area contributed by atoms with Crippen molar-refractivity contribution in [2.24, 2.45) is 7.05 Å². The highest BCUT2D eigenvalue weighted by Gasteiger charge is 2.11. The Kier molecular flexibility index (Phi) is 4.77. The van der Waals surface area contributed by atoms with Gasteiger partial charge in [-0.2, -0.15) is 5.10 Å². The van der Waals surface area contributed by atoms with Crippen molar-refractivity contribution in [3.63, 3.8) is 0 Å². The summed E-state index contributed by atoms with van der Waals surface area (Å²) in [6.45, 7) is 2.45. The normalized spacial score (nSPS) is 10.3. The monoisotopic (exact) mass is 303 g/mol. The van der Waals surface area contributed by atoms with Gasteiger partial charge >= 0.3 is 5.97 Å². The lowest BCUT2D eigenvalue weighted by Gasteiger charge is -2.08. The first-order chi connectivity index (χ1) is 10.5. The molecule has 0 saturated heterocycles. The standard InChI is InChI=1S/C15H17N3O4/c1-10-13(9-17-18(10)2)14(19)16-7-8-22-12-5-3-11(4-6-12)15(20)21/h3-6,9H,7-8H2,1-2H3,(H,16,19)(H,20,21). The number of benzene rings is 1. The third-order valence-corrected chi connectivity index (χ3v) is 3.24. The van der Waals surface area contributed by atoms with Crippen LogP contribution in [0.15, 0.2) is 30.5 Å². The molecule has 0 aliphatic heterocycles. The van der Waals surface area contributed by atoms with Crippen molar-refractivity contribution < 1.29 is 19.4 Å². The summed E-state index contributed by atoms with van der Waals surface area (Å²) in [5.74, 6) is -0.627. The van der Waals surface area contributed by atoms with Gasteiger partial charge in [-0.15, -0.1) is 0 Å². The Morgan fingerprint density at radius 3 is 2.55 bits per heavy atom. The summed E-state index contributed by atoms with van der Waals surface area (Å²) in [6.07, 6.45) is 1.52. The van der Waals surface area contributed by atoms with Crippen molar-refractivity contribution in [1.82, 2.24) is 15.1 Å². The third-order valence-electron chi connectivity index (χ3n) is 3.24. The summed E-state index contributed by atoms with van der Waals surface area (Å²) in [7, 11) is 1.77. The van der Waals surface area contributed by atoms with Crippen LogP contribution in [0.25, 0.3) is 0 Å². The Bertz CT molecular complexity index is 677. The minimum Gasteiger partial charge on any atom is -0.492 e. The molecule has 2 N–H and O–H groups in total. The number of carboxylic acid groups (broad SMARTS) is 1. The second kappa shape index (κ2) is 6.75. The van der Waals surface area contributed by atoms with Gasteiger partial charge in [0.15, 0.2) is 0 Å². The second-order valence-corrected chi connectivity index (χ2v) is 4.70. The van der Waals surface area contributed by atoms with Crippen LogP contribution >= 0.6 is 0 Å². The van der Waals surface area contributed by atoms with Gasteiger partial charge in [-0.1, -0.05) is 0 Å². The van der Waals surface area contributed by atoms with Crippen LogP contribution in [0.3, 0.4) is 0 Å². The molecule has 1 amide bonds. The van der Waals surface area contributed by atoms with Crippen LogP contribution in [-0.4, -0.2) is 39.9 Å². The molecular weight excluding hydrogens is 286 g/mol. The first kappa shape index (κ1) is 15.6. The van der Waals surface area contributed by atoms with Gasteiger partial charge in [-0.05, 0) is 31.2 Å². The van der Waals surface area contributed by atoms with Crippen LogP contribution in [0.2, 0.25) is 0 Å². The second-order valence-electron chi connectivity index (χ2n) is 4.70. The molecule has 0 radical (unpaired) electrons. The molecule has 0 fully saturated rings. The molecule has 0 bridgehead atoms. The highest BCUT2D eigenvalue weighted by Crippen LogP contribution is 2.12. The molecule has 2 aromatic rings. The fraction of sp³-hybridized carbons (Fsp3) is 0.267. The Morgan fingerprint density at radius 1 is 1.32 bits per heavy atom. The van der Waals surface area contributed by atoms with Crippen molar-refractivity contribution in [3.8, 4) is 5.75 Å². The minimum atomic E-state index is -0.981. The van der Waals surface area contributed by atoms with E-state index < -0.39 is 5.97 Å². The van der Waals surface area contributed by atoms with Crippen LogP contribution in [0.1, 0.15) is 26.4 Å². The van der Waals surface area contributed by atoms with Crippen LogP contribution in [0.5, 0.6) is 5.75 Å². The highest BCUT2D eigenvalue weighted by molar-refractivity contribution is 5.95. The van der Waals surface area contributed by atoms with Crippen molar-refractivity contribution in [2.45, 2.75) is 6.92 Å². The topological polar surface area (TPSA) is 93.4 Å². The average Bonchev–Trinajstić information content (AvgIpc) is 2.84. The van der Waals surface area contributed by atoms with Crippen LogP contribution < -0.4 is 10.1 Å². The Balaban J connectivity index is 1.78. The number of aryl methyl sites for hydroxylation is 1. The molecule has 7 nitrogen and oxygen atoms in total. The Hall–Kier alpha value is -2.83. The van der Waals surface area contributed by atoms with Crippen LogP contribution in [0, 0.1) is 6.92 Å². The maximum Gasteiger partial charge on any atom is 0.335 e. The van der Waals surface area contributed by atoms with E-state index in [4.69, 9.17) is 9.84 Å². The summed E-state index contributed by atoms with van der Waals surface area (Å²) in [5.41, 5.74) is 1.53. The van der Waals surface area contributed by atoms with Crippen molar-refractivity contribution in [2.75, 3.05) is 13.2 Å². The van der Waals surface area contributed by atoms with Crippen molar-refractivity contribution in [1.29, 1.82) is 0 Å². The average molecular weight is 303 g/mol. The van der Waals surface area contributed by atoms with E-state index in [0.29, 0.717) is 17.9 Å². The number of hydrogen-bond donors (Lipinski definition) is 2. The third kappa shape index (κ3) is 3.63. The molecule has 1 aromatic carbocycles. The van der Waals surface area contributed by atoms with E-state index in [2.05, 4.69) is 10.4 Å². The first-order valence-electron chi connectivity index (χ1n) is 6.72. The van der Waals surface area contributed by atoms with Crippen molar-refractivity contribution >= 4 is 11.9 Å². The number of aromatic nitrogens is 2. The van der Waals surface area contributed by atoms with Crippen LogP contribution in [-0.2, 0) is 7.05 Å². The zero-order chi connectivity index (χ0) is 16.1. The quantitative estimate of drug-likeness (QED) is 0.783. The number of hydrogen-bond acceptors (Lipinski definition) is 4. The smallest absolute Gasteiger partial charge is 0.335 e. The summed E-state index contributed by atoms with van der Waals surface area (Å²) in [5, 5.41) is 15.5. The zero-order valence-corrected chi connectivity index (χ0v) is 12.4. The molecule has 0 aliphatic rings. The number of amides is 1.